The highest BCUT2D eigenvalue weighted by Crippen LogP contribution is 2.42. The van der Waals surface area contributed by atoms with E-state index in [4.69, 9.17) is 21.1 Å². The van der Waals surface area contributed by atoms with E-state index in [1.54, 1.807) is 36.4 Å². The number of halogens is 1. The second kappa shape index (κ2) is 10.6. The Labute approximate surface area is 215 Å². The van der Waals surface area contributed by atoms with Crippen molar-refractivity contribution >= 4 is 23.5 Å². The molecular weight excluding hydrogens is 478 g/mol. The van der Waals surface area contributed by atoms with E-state index in [9.17, 15) is 14.7 Å². The quantitative estimate of drug-likeness (QED) is 0.397. The van der Waals surface area contributed by atoms with E-state index in [2.05, 4.69) is 29.6 Å². The van der Waals surface area contributed by atoms with Crippen molar-refractivity contribution in [3.63, 3.8) is 0 Å². The molecule has 1 fully saturated rings. The first-order valence-electron chi connectivity index (χ1n) is 12.3. The van der Waals surface area contributed by atoms with Crippen LogP contribution < -0.4 is 14.8 Å². The van der Waals surface area contributed by atoms with Crippen molar-refractivity contribution in [3.8, 4) is 17.2 Å². The van der Waals surface area contributed by atoms with Gasteiger partial charge in [-0.2, -0.15) is 0 Å². The molecule has 1 atom stereocenters. The molecule has 2 N–H and O–H groups in total. The Morgan fingerprint density at radius 1 is 0.944 bits per heavy atom. The molecule has 6 nitrogen and oxygen atoms in total. The molecule has 0 bridgehead atoms. The smallest absolute Gasteiger partial charge is 0.311 e. The van der Waals surface area contributed by atoms with Crippen LogP contribution in [0.4, 0.5) is 0 Å². The number of fused-ring (bicyclic) bond motifs is 1. The minimum absolute atomic E-state index is 0.0929. The zero-order chi connectivity index (χ0) is 25.1. The Bertz CT molecular complexity index is 1240. The summed E-state index contributed by atoms with van der Waals surface area (Å²) in [4.78, 5) is 24.3. The third-order valence-electron chi connectivity index (χ3n) is 7.08. The summed E-state index contributed by atoms with van der Waals surface area (Å²) in [5, 5.41) is 12.9. The fourth-order valence-electron chi connectivity index (χ4n) is 5.09. The molecular formula is C29H28ClNO5. The second-order valence-corrected chi connectivity index (χ2v) is 9.81. The van der Waals surface area contributed by atoms with Crippen molar-refractivity contribution in [2.75, 3.05) is 6.61 Å². The van der Waals surface area contributed by atoms with Gasteiger partial charge in [0.25, 0.3) is 5.91 Å². The normalized spacial score (nSPS) is 21.1. The van der Waals surface area contributed by atoms with Gasteiger partial charge in [0.2, 0.25) is 0 Å². The number of hydrogen-bond acceptors (Lipinski definition) is 4. The van der Waals surface area contributed by atoms with Crippen LogP contribution in [0.25, 0.3) is 0 Å². The maximum absolute atomic E-state index is 12.8. The molecule has 3 aromatic rings. The maximum atomic E-state index is 12.8. The van der Waals surface area contributed by atoms with Gasteiger partial charge in [0, 0.05) is 23.2 Å². The highest BCUT2D eigenvalue weighted by molar-refractivity contribution is 6.32. The summed E-state index contributed by atoms with van der Waals surface area (Å²) in [6.07, 6.45) is 4.47. The molecule has 1 aliphatic carbocycles. The summed E-state index contributed by atoms with van der Waals surface area (Å²) < 4.78 is 11.6. The molecule has 0 radical (unpaired) electrons. The van der Waals surface area contributed by atoms with Crippen LogP contribution in [-0.2, 0) is 4.79 Å². The first kappa shape index (κ1) is 24.2. The number of benzene rings is 3. The topological polar surface area (TPSA) is 84.9 Å². The van der Waals surface area contributed by atoms with Crippen molar-refractivity contribution in [1.82, 2.24) is 5.32 Å². The van der Waals surface area contributed by atoms with Gasteiger partial charge in [0.1, 0.15) is 17.2 Å². The van der Waals surface area contributed by atoms with Crippen LogP contribution in [-0.4, -0.2) is 29.6 Å². The molecule has 3 aromatic carbocycles. The Morgan fingerprint density at radius 2 is 1.67 bits per heavy atom. The fraction of sp³-hybridized carbons (Fsp3) is 0.310. The van der Waals surface area contributed by atoms with Crippen LogP contribution in [0.15, 0.2) is 66.7 Å². The molecule has 1 aliphatic heterocycles. The summed E-state index contributed by atoms with van der Waals surface area (Å²) in [5.74, 6) is 0.271. The summed E-state index contributed by atoms with van der Waals surface area (Å²) >= 11 is 6.38. The van der Waals surface area contributed by atoms with Gasteiger partial charge in [-0.05, 0) is 73.9 Å². The number of carboxylic acids is 1. The summed E-state index contributed by atoms with van der Waals surface area (Å²) in [6, 6.07) is 20.9. The van der Waals surface area contributed by atoms with Crippen molar-refractivity contribution in [1.29, 1.82) is 0 Å². The van der Waals surface area contributed by atoms with Gasteiger partial charge in [0.15, 0.2) is 0 Å². The van der Waals surface area contributed by atoms with Gasteiger partial charge >= 0.3 is 5.97 Å². The van der Waals surface area contributed by atoms with Crippen LogP contribution in [0.5, 0.6) is 17.2 Å². The minimum atomic E-state index is -0.901. The molecule has 0 aromatic heterocycles. The van der Waals surface area contributed by atoms with Gasteiger partial charge in [-0.15, -0.1) is 0 Å². The van der Waals surface area contributed by atoms with E-state index in [0.29, 0.717) is 52.3 Å². The number of carboxylic acid groups (broad SMARTS) is 1. The van der Waals surface area contributed by atoms with Crippen LogP contribution in [0.2, 0.25) is 5.02 Å². The third kappa shape index (κ3) is 5.34. The number of rotatable bonds is 6. The standard InChI is InChI=1S/C29H28ClNO5/c30-25-16-24-23(29(33)34)14-15-35-26(24)17-27(25)36-22-12-8-20(9-13-22)28(32)31-21-10-6-19(7-11-21)18-4-2-1-3-5-18/h1-5,8-9,12-13,16-17,19,21,23H,6-7,10-11,14-15H2,(H,31,32)(H,33,34)/t19-,21-,23?. The van der Waals surface area contributed by atoms with Gasteiger partial charge in [-0.3, -0.25) is 9.59 Å². The Hall–Kier alpha value is -3.51. The van der Waals surface area contributed by atoms with E-state index >= 15 is 0 Å². The number of ether oxygens (including phenoxy) is 2. The predicted molar refractivity (Wildman–Crippen MR) is 137 cm³/mol. The van der Waals surface area contributed by atoms with Crippen molar-refractivity contribution in [2.45, 2.75) is 50.0 Å². The van der Waals surface area contributed by atoms with Crippen molar-refractivity contribution in [2.24, 2.45) is 0 Å². The lowest BCUT2D eigenvalue weighted by atomic mass is 9.82. The number of carbonyl (C=O) groups is 2. The SMILES string of the molecule is O=C(N[C@H]1CC[C@H](c2ccccc2)CC1)c1ccc(Oc2cc3c(cc2Cl)C(C(=O)O)CCO3)cc1. The molecule has 0 spiro atoms. The molecule has 0 saturated heterocycles. The number of hydrogen-bond donors (Lipinski definition) is 2. The van der Waals surface area contributed by atoms with Crippen molar-refractivity contribution < 1.29 is 24.2 Å². The highest BCUT2D eigenvalue weighted by Gasteiger charge is 2.29. The first-order chi connectivity index (χ1) is 17.5. The van der Waals surface area contributed by atoms with E-state index < -0.39 is 11.9 Å². The lowest BCUT2D eigenvalue weighted by Crippen LogP contribution is -2.37. The monoisotopic (exact) mass is 505 g/mol. The summed E-state index contributed by atoms with van der Waals surface area (Å²) in [5.41, 5.74) is 2.50. The molecule has 7 heteroatoms. The van der Waals surface area contributed by atoms with Crippen molar-refractivity contribution in [3.05, 3.63) is 88.4 Å². The highest BCUT2D eigenvalue weighted by atomic mass is 35.5. The molecule has 1 amide bonds. The molecule has 1 unspecified atom stereocenters. The average Bonchev–Trinajstić information content (AvgIpc) is 2.90. The van der Waals surface area contributed by atoms with Crippen LogP contribution in [0.1, 0.15) is 65.4 Å². The zero-order valence-corrected chi connectivity index (χ0v) is 20.5. The number of carbonyl (C=O) groups excluding carboxylic acids is 1. The first-order valence-corrected chi connectivity index (χ1v) is 12.7. The fourth-order valence-corrected chi connectivity index (χ4v) is 5.30. The van der Waals surface area contributed by atoms with Crippen LogP contribution in [0, 0.1) is 0 Å². The molecule has 36 heavy (non-hydrogen) atoms. The number of amides is 1. The largest absolute Gasteiger partial charge is 0.493 e. The number of nitrogens with one attached hydrogen (secondary N) is 1. The van der Waals surface area contributed by atoms with E-state index in [-0.39, 0.29) is 11.9 Å². The Balaban J connectivity index is 1.19. The molecule has 1 heterocycles. The molecule has 2 aliphatic rings. The lowest BCUT2D eigenvalue weighted by Gasteiger charge is -2.29. The predicted octanol–water partition coefficient (Wildman–Crippen LogP) is 6.54. The van der Waals surface area contributed by atoms with Gasteiger partial charge in [-0.1, -0.05) is 41.9 Å². The maximum Gasteiger partial charge on any atom is 0.311 e. The van der Waals surface area contributed by atoms with Gasteiger partial charge in [0.05, 0.1) is 17.5 Å². The van der Waals surface area contributed by atoms with E-state index in [0.717, 1.165) is 25.7 Å². The molecule has 1 saturated carbocycles. The Kier molecular flexibility index (Phi) is 7.14. The minimum Gasteiger partial charge on any atom is -0.493 e. The zero-order valence-electron chi connectivity index (χ0n) is 19.8. The molecule has 186 valence electrons. The lowest BCUT2D eigenvalue weighted by molar-refractivity contribution is -0.139. The molecule has 5 rings (SSSR count). The number of aliphatic carboxylic acids is 1. The van der Waals surface area contributed by atoms with E-state index in [1.165, 1.54) is 5.56 Å². The third-order valence-corrected chi connectivity index (χ3v) is 7.37. The average molecular weight is 506 g/mol. The van der Waals surface area contributed by atoms with Gasteiger partial charge in [-0.25, -0.2) is 0 Å². The Morgan fingerprint density at radius 3 is 2.36 bits per heavy atom. The van der Waals surface area contributed by atoms with Crippen LogP contribution >= 0.6 is 11.6 Å². The summed E-state index contributed by atoms with van der Waals surface area (Å²) in [7, 11) is 0. The van der Waals surface area contributed by atoms with E-state index in [1.807, 2.05) is 6.07 Å². The van der Waals surface area contributed by atoms with Crippen LogP contribution in [0.3, 0.4) is 0 Å². The summed E-state index contributed by atoms with van der Waals surface area (Å²) in [6.45, 7) is 0.322. The second-order valence-electron chi connectivity index (χ2n) is 9.41. The van der Waals surface area contributed by atoms with Gasteiger partial charge < -0.3 is 19.9 Å².